The van der Waals surface area contributed by atoms with Crippen molar-refractivity contribution in [3.8, 4) is 5.75 Å². The van der Waals surface area contributed by atoms with Crippen molar-refractivity contribution >= 4 is 0 Å². The normalized spacial score (nSPS) is 18.7. The van der Waals surface area contributed by atoms with Crippen molar-refractivity contribution in [3.05, 3.63) is 29.8 Å². The summed E-state index contributed by atoms with van der Waals surface area (Å²) in [6.45, 7) is 4.25. The maximum Gasteiger partial charge on any atom is 0.119 e. The number of hydrogen-bond donors (Lipinski definition) is 1. The van der Waals surface area contributed by atoms with E-state index in [9.17, 15) is 0 Å². The van der Waals surface area contributed by atoms with Crippen molar-refractivity contribution in [3.63, 3.8) is 0 Å². The first-order valence-corrected chi connectivity index (χ1v) is 6.67. The molecule has 18 heavy (non-hydrogen) atoms. The fourth-order valence-corrected chi connectivity index (χ4v) is 2.17. The summed E-state index contributed by atoms with van der Waals surface area (Å²) in [7, 11) is 1.72. The molecule has 1 aliphatic carbocycles. The van der Waals surface area contributed by atoms with Gasteiger partial charge in [0.15, 0.2) is 0 Å². The van der Waals surface area contributed by atoms with Gasteiger partial charge in [0.1, 0.15) is 5.75 Å². The van der Waals surface area contributed by atoms with Crippen molar-refractivity contribution in [2.24, 2.45) is 11.7 Å². The van der Waals surface area contributed by atoms with E-state index in [0.717, 1.165) is 11.3 Å². The van der Waals surface area contributed by atoms with E-state index in [1.165, 1.54) is 12.8 Å². The Morgan fingerprint density at radius 1 is 1.17 bits per heavy atom. The van der Waals surface area contributed by atoms with Crippen LogP contribution < -0.4 is 10.5 Å². The molecule has 1 aromatic carbocycles. The molecule has 3 heteroatoms. The molecule has 2 atom stereocenters. The van der Waals surface area contributed by atoms with Gasteiger partial charge < -0.3 is 15.2 Å². The Morgan fingerprint density at radius 3 is 2.22 bits per heavy atom. The van der Waals surface area contributed by atoms with E-state index in [-0.39, 0.29) is 12.1 Å². The van der Waals surface area contributed by atoms with Crippen LogP contribution in [0.2, 0.25) is 0 Å². The molecule has 2 unspecified atom stereocenters. The maximum absolute atomic E-state index is 6.25. The molecule has 2 rings (SSSR count). The number of benzene rings is 1. The Kier molecular flexibility index (Phi) is 4.25. The molecule has 0 saturated heterocycles. The van der Waals surface area contributed by atoms with Gasteiger partial charge in [-0.25, -0.2) is 0 Å². The zero-order valence-corrected chi connectivity index (χ0v) is 11.4. The fraction of sp³-hybridized carbons (Fsp3) is 0.600. The summed E-state index contributed by atoms with van der Waals surface area (Å²) >= 11 is 0. The lowest BCUT2D eigenvalue weighted by atomic mass is 9.94. The summed E-state index contributed by atoms with van der Waals surface area (Å²) in [5.41, 5.74) is 7.34. The molecule has 0 bridgehead atoms. The Bertz CT molecular complexity index is 371. The van der Waals surface area contributed by atoms with Crippen molar-refractivity contribution in [1.82, 2.24) is 0 Å². The Balaban J connectivity index is 2.02. The summed E-state index contributed by atoms with van der Waals surface area (Å²) in [5.74, 6) is 1.33. The van der Waals surface area contributed by atoms with Gasteiger partial charge in [0.2, 0.25) is 0 Å². The van der Waals surface area contributed by atoms with Gasteiger partial charge in [-0.2, -0.15) is 0 Å². The third-order valence-electron chi connectivity index (χ3n) is 3.38. The second-order valence-electron chi connectivity index (χ2n) is 5.36. The molecule has 3 nitrogen and oxygen atoms in total. The van der Waals surface area contributed by atoms with Crippen LogP contribution in [0.1, 0.15) is 38.3 Å². The van der Waals surface area contributed by atoms with Crippen LogP contribution in [-0.4, -0.2) is 19.3 Å². The molecule has 2 N–H and O–H groups in total. The van der Waals surface area contributed by atoms with E-state index in [2.05, 4.69) is 13.8 Å². The highest BCUT2D eigenvalue weighted by Gasteiger charge is 2.24. The topological polar surface area (TPSA) is 44.5 Å². The number of hydrogen-bond acceptors (Lipinski definition) is 3. The van der Waals surface area contributed by atoms with Crippen LogP contribution in [-0.2, 0) is 4.74 Å². The lowest BCUT2D eigenvalue weighted by Crippen LogP contribution is -2.32. The first-order chi connectivity index (χ1) is 8.61. The van der Waals surface area contributed by atoms with Gasteiger partial charge in [-0.05, 0) is 36.5 Å². The average molecular weight is 249 g/mol. The van der Waals surface area contributed by atoms with Crippen molar-refractivity contribution in [1.29, 1.82) is 0 Å². The highest BCUT2D eigenvalue weighted by atomic mass is 16.5. The lowest BCUT2D eigenvalue weighted by molar-refractivity contribution is 0.0437. The first-order valence-electron chi connectivity index (χ1n) is 6.67. The zero-order chi connectivity index (χ0) is 13.1. The predicted molar refractivity (Wildman–Crippen MR) is 72.7 cm³/mol. The van der Waals surface area contributed by atoms with Gasteiger partial charge in [0, 0.05) is 7.11 Å². The van der Waals surface area contributed by atoms with Gasteiger partial charge in [-0.3, -0.25) is 0 Å². The summed E-state index contributed by atoms with van der Waals surface area (Å²) in [6, 6.07) is 7.99. The van der Waals surface area contributed by atoms with E-state index < -0.39 is 0 Å². The minimum Gasteiger partial charge on any atom is -0.490 e. The second-order valence-corrected chi connectivity index (χ2v) is 5.36. The molecule has 100 valence electrons. The first kappa shape index (κ1) is 13.4. The molecule has 1 aliphatic rings. The van der Waals surface area contributed by atoms with Crippen molar-refractivity contribution in [2.75, 3.05) is 7.11 Å². The molecule has 0 aromatic heterocycles. The van der Waals surface area contributed by atoms with Crippen LogP contribution in [0.5, 0.6) is 5.75 Å². The second kappa shape index (κ2) is 5.72. The number of ether oxygens (including phenoxy) is 2. The summed E-state index contributed by atoms with van der Waals surface area (Å²) in [5, 5.41) is 0. The van der Waals surface area contributed by atoms with Crippen LogP contribution in [0.4, 0.5) is 0 Å². The molecular weight excluding hydrogens is 226 g/mol. The van der Waals surface area contributed by atoms with Gasteiger partial charge in [0.25, 0.3) is 0 Å². The fourth-order valence-electron chi connectivity index (χ4n) is 2.17. The number of methoxy groups -OCH3 is 1. The van der Waals surface area contributed by atoms with Crippen LogP contribution in [0.15, 0.2) is 24.3 Å². The van der Waals surface area contributed by atoms with Crippen LogP contribution in [0.25, 0.3) is 0 Å². The van der Waals surface area contributed by atoms with Crippen LogP contribution in [0, 0.1) is 5.92 Å². The van der Waals surface area contributed by atoms with E-state index in [1.54, 1.807) is 7.11 Å². The third kappa shape index (κ3) is 3.24. The SMILES string of the molecule is COC(C(C)C)C(N)c1ccc(OC2CC2)cc1. The zero-order valence-electron chi connectivity index (χ0n) is 11.4. The Labute approximate surface area is 109 Å². The van der Waals surface area contributed by atoms with Gasteiger partial charge in [-0.1, -0.05) is 26.0 Å². The van der Waals surface area contributed by atoms with E-state index in [4.69, 9.17) is 15.2 Å². The Hall–Kier alpha value is -1.06. The van der Waals surface area contributed by atoms with E-state index in [0.29, 0.717) is 12.0 Å². The molecule has 1 fully saturated rings. The molecular formula is C15H23NO2. The smallest absolute Gasteiger partial charge is 0.119 e. The molecule has 1 aromatic rings. The Morgan fingerprint density at radius 2 is 1.78 bits per heavy atom. The maximum atomic E-state index is 6.25. The lowest BCUT2D eigenvalue weighted by Gasteiger charge is -2.26. The number of rotatable bonds is 6. The van der Waals surface area contributed by atoms with Crippen LogP contribution in [0.3, 0.4) is 0 Å². The molecule has 0 aliphatic heterocycles. The minimum atomic E-state index is -0.0926. The predicted octanol–water partition coefficient (Wildman–Crippen LogP) is 2.90. The van der Waals surface area contributed by atoms with Gasteiger partial charge >= 0.3 is 0 Å². The van der Waals surface area contributed by atoms with E-state index in [1.807, 2.05) is 24.3 Å². The largest absolute Gasteiger partial charge is 0.490 e. The minimum absolute atomic E-state index is 0.0419. The van der Waals surface area contributed by atoms with Crippen molar-refractivity contribution < 1.29 is 9.47 Å². The number of nitrogens with two attached hydrogens (primary N) is 1. The molecule has 0 radical (unpaired) electrons. The average Bonchev–Trinajstić information content (AvgIpc) is 3.14. The summed E-state index contributed by atoms with van der Waals surface area (Å²) < 4.78 is 11.2. The van der Waals surface area contributed by atoms with E-state index >= 15 is 0 Å². The van der Waals surface area contributed by atoms with Gasteiger partial charge in [0.05, 0.1) is 18.2 Å². The summed E-state index contributed by atoms with van der Waals surface area (Å²) in [6.07, 6.45) is 2.84. The molecule has 0 spiro atoms. The quantitative estimate of drug-likeness (QED) is 0.843. The monoisotopic (exact) mass is 249 g/mol. The summed E-state index contributed by atoms with van der Waals surface area (Å²) in [4.78, 5) is 0. The van der Waals surface area contributed by atoms with Crippen LogP contribution >= 0.6 is 0 Å². The standard InChI is InChI=1S/C15H23NO2/c1-10(2)15(17-3)14(16)11-4-6-12(7-5-11)18-13-8-9-13/h4-7,10,13-15H,8-9,16H2,1-3H3. The third-order valence-corrected chi connectivity index (χ3v) is 3.38. The highest BCUT2D eigenvalue weighted by Crippen LogP contribution is 2.28. The molecule has 1 saturated carbocycles. The van der Waals surface area contributed by atoms with Gasteiger partial charge in [-0.15, -0.1) is 0 Å². The molecule has 0 amide bonds. The van der Waals surface area contributed by atoms with Crippen molar-refractivity contribution in [2.45, 2.75) is 44.9 Å². The highest BCUT2D eigenvalue weighted by molar-refractivity contribution is 5.30. The molecule has 0 heterocycles.